The van der Waals surface area contributed by atoms with E-state index in [2.05, 4.69) is 10.6 Å². The van der Waals surface area contributed by atoms with Crippen LogP contribution in [0, 0.1) is 6.92 Å². The monoisotopic (exact) mass is 275 g/mol. The fourth-order valence-electron chi connectivity index (χ4n) is 2.16. The molecule has 1 aromatic rings. The maximum Gasteiger partial charge on any atom is 0.251 e. The summed E-state index contributed by atoms with van der Waals surface area (Å²) in [5.74, 6) is -0.0196. The molecule has 0 aliphatic carbocycles. The molecular weight excluding hydrogens is 254 g/mol. The Labute approximate surface area is 119 Å². The third-order valence-corrected chi connectivity index (χ3v) is 3.41. The highest BCUT2D eigenvalue weighted by molar-refractivity contribution is 5.94. The van der Waals surface area contributed by atoms with Crippen LogP contribution in [0.15, 0.2) is 24.3 Å². The van der Waals surface area contributed by atoms with Crippen molar-refractivity contribution in [2.24, 2.45) is 0 Å². The SMILES string of the molecule is Cc1ccc(C(=O)NCCC(=O)N2CCNCC2)cc1. The van der Waals surface area contributed by atoms with Crippen LogP contribution >= 0.6 is 0 Å². The van der Waals surface area contributed by atoms with Gasteiger partial charge in [-0.2, -0.15) is 0 Å². The molecule has 1 saturated heterocycles. The number of aryl methyl sites for hydroxylation is 1. The maximum atomic E-state index is 11.9. The summed E-state index contributed by atoms with van der Waals surface area (Å²) in [5.41, 5.74) is 1.75. The molecule has 0 unspecified atom stereocenters. The molecule has 0 spiro atoms. The normalized spacial score (nSPS) is 14.9. The molecule has 1 aliphatic rings. The zero-order valence-corrected chi connectivity index (χ0v) is 11.8. The van der Waals surface area contributed by atoms with Gasteiger partial charge in [0.25, 0.3) is 5.91 Å². The van der Waals surface area contributed by atoms with Gasteiger partial charge in [-0.05, 0) is 19.1 Å². The van der Waals surface area contributed by atoms with Gasteiger partial charge >= 0.3 is 0 Å². The number of rotatable bonds is 4. The zero-order valence-electron chi connectivity index (χ0n) is 11.8. The van der Waals surface area contributed by atoms with Crippen LogP contribution in [0.25, 0.3) is 0 Å². The lowest BCUT2D eigenvalue weighted by Gasteiger charge is -2.27. The van der Waals surface area contributed by atoms with Crippen LogP contribution in [0.1, 0.15) is 22.3 Å². The molecule has 5 heteroatoms. The van der Waals surface area contributed by atoms with Crippen molar-refractivity contribution in [3.8, 4) is 0 Å². The first-order valence-electron chi connectivity index (χ1n) is 7.00. The van der Waals surface area contributed by atoms with Gasteiger partial charge in [-0.25, -0.2) is 0 Å². The Morgan fingerprint density at radius 1 is 1.20 bits per heavy atom. The summed E-state index contributed by atoms with van der Waals surface area (Å²) in [4.78, 5) is 25.6. The molecular formula is C15H21N3O2. The van der Waals surface area contributed by atoms with Crippen LogP contribution in [-0.2, 0) is 4.79 Å². The third kappa shape index (κ3) is 4.06. The topological polar surface area (TPSA) is 61.4 Å². The first-order chi connectivity index (χ1) is 9.66. The summed E-state index contributed by atoms with van der Waals surface area (Å²) in [6.45, 7) is 5.57. The van der Waals surface area contributed by atoms with Gasteiger partial charge in [0.1, 0.15) is 0 Å². The number of piperazine rings is 1. The van der Waals surface area contributed by atoms with E-state index in [0.717, 1.165) is 31.7 Å². The van der Waals surface area contributed by atoms with E-state index < -0.39 is 0 Å². The fraction of sp³-hybridized carbons (Fsp3) is 0.467. The Bertz CT molecular complexity index is 465. The van der Waals surface area contributed by atoms with Crippen molar-refractivity contribution >= 4 is 11.8 Å². The molecule has 1 aromatic carbocycles. The zero-order chi connectivity index (χ0) is 14.4. The van der Waals surface area contributed by atoms with Gasteiger partial charge in [0.2, 0.25) is 5.91 Å². The molecule has 0 bridgehead atoms. The highest BCUT2D eigenvalue weighted by Gasteiger charge is 2.15. The van der Waals surface area contributed by atoms with E-state index in [4.69, 9.17) is 0 Å². The molecule has 1 heterocycles. The maximum absolute atomic E-state index is 11.9. The van der Waals surface area contributed by atoms with E-state index in [0.29, 0.717) is 18.5 Å². The van der Waals surface area contributed by atoms with Gasteiger partial charge in [-0.3, -0.25) is 9.59 Å². The second-order valence-electron chi connectivity index (χ2n) is 5.00. The van der Waals surface area contributed by atoms with Crippen LogP contribution in [0.2, 0.25) is 0 Å². The molecule has 0 aromatic heterocycles. The minimum absolute atomic E-state index is 0.107. The number of amides is 2. The predicted octanol–water partition coefficient (Wildman–Crippen LogP) is 0.547. The van der Waals surface area contributed by atoms with Gasteiger partial charge in [0.05, 0.1) is 0 Å². The number of carbonyl (C=O) groups excluding carboxylic acids is 2. The molecule has 0 radical (unpaired) electrons. The van der Waals surface area contributed by atoms with Gasteiger partial charge in [-0.15, -0.1) is 0 Å². The summed E-state index contributed by atoms with van der Waals surface area (Å²) in [7, 11) is 0. The highest BCUT2D eigenvalue weighted by atomic mass is 16.2. The molecule has 108 valence electrons. The van der Waals surface area contributed by atoms with E-state index in [9.17, 15) is 9.59 Å². The minimum Gasteiger partial charge on any atom is -0.352 e. The average Bonchev–Trinajstić information content (AvgIpc) is 2.48. The Kier molecular flexibility index (Phi) is 5.12. The Balaban J connectivity index is 1.73. The number of hydrogen-bond donors (Lipinski definition) is 2. The first-order valence-corrected chi connectivity index (χ1v) is 7.00. The summed E-state index contributed by atoms with van der Waals surface area (Å²) in [6, 6.07) is 7.40. The largest absolute Gasteiger partial charge is 0.352 e. The van der Waals surface area contributed by atoms with Gasteiger partial charge in [-0.1, -0.05) is 17.7 Å². The van der Waals surface area contributed by atoms with Crippen molar-refractivity contribution in [1.82, 2.24) is 15.5 Å². The molecule has 0 atom stereocenters. The van der Waals surface area contributed by atoms with E-state index in [1.165, 1.54) is 0 Å². The molecule has 1 fully saturated rings. The Hall–Kier alpha value is -1.88. The number of nitrogens with zero attached hydrogens (tertiary/aromatic N) is 1. The van der Waals surface area contributed by atoms with Crippen molar-refractivity contribution < 1.29 is 9.59 Å². The number of hydrogen-bond acceptors (Lipinski definition) is 3. The molecule has 5 nitrogen and oxygen atoms in total. The summed E-state index contributed by atoms with van der Waals surface area (Å²) >= 11 is 0. The molecule has 1 aliphatic heterocycles. The van der Waals surface area contributed by atoms with E-state index in [1.54, 1.807) is 12.1 Å². The predicted molar refractivity (Wildman–Crippen MR) is 77.6 cm³/mol. The molecule has 2 rings (SSSR count). The highest BCUT2D eigenvalue weighted by Crippen LogP contribution is 2.03. The lowest BCUT2D eigenvalue weighted by atomic mass is 10.1. The quantitative estimate of drug-likeness (QED) is 0.843. The van der Waals surface area contributed by atoms with E-state index in [-0.39, 0.29) is 11.8 Å². The van der Waals surface area contributed by atoms with Crippen LogP contribution in [0.4, 0.5) is 0 Å². The summed E-state index contributed by atoms with van der Waals surface area (Å²) < 4.78 is 0. The molecule has 2 N–H and O–H groups in total. The second kappa shape index (κ2) is 7.05. The van der Waals surface area contributed by atoms with Crippen LogP contribution in [-0.4, -0.2) is 49.4 Å². The third-order valence-electron chi connectivity index (χ3n) is 3.41. The lowest BCUT2D eigenvalue weighted by molar-refractivity contribution is -0.131. The second-order valence-corrected chi connectivity index (χ2v) is 5.00. The van der Waals surface area contributed by atoms with Crippen molar-refractivity contribution in [3.63, 3.8) is 0 Å². The van der Waals surface area contributed by atoms with Crippen LogP contribution in [0.3, 0.4) is 0 Å². The van der Waals surface area contributed by atoms with E-state index >= 15 is 0 Å². The standard InChI is InChI=1S/C15H21N3O2/c1-12-2-4-13(5-3-12)15(20)17-7-6-14(19)18-10-8-16-9-11-18/h2-5,16H,6-11H2,1H3,(H,17,20). The Morgan fingerprint density at radius 3 is 2.50 bits per heavy atom. The lowest BCUT2D eigenvalue weighted by Crippen LogP contribution is -2.47. The molecule has 20 heavy (non-hydrogen) atoms. The number of benzene rings is 1. The van der Waals surface area contributed by atoms with Crippen molar-refractivity contribution in [3.05, 3.63) is 35.4 Å². The van der Waals surface area contributed by atoms with Crippen molar-refractivity contribution in [2.75, 3.05) is 32.7 Å². The summed E-state index contributed by atoms with van der Waals surface area (Å²) in [6.07, 6.45) is 0.359. The average molecular weight is 275 g/mol. The minimum atomic E-state index is -0.127. The smallest absolute Gasteiger partial charge is 0.251 e. The van der Waals surface area contributed by atoms with Gasteiger partial charge in [0.15, 0.2) is 0 Å². The van der Waals surface area contributed by atoms with Gasteiger partial charge < -0.3 is 15.5 Å². The Morgan fingerprint density at radius 2 is 1.85 bits per heavy atom. The van der Waals surface area contributed by atoms with E-state index in [1.807, 2.05) is 24.0 Å². The first kappa shape index (κ1) is 14.5. The van der Waals surface area contributed by atoms with Crippen LogP contribution in [0.5, 0.6) is 0 Å². The summed E-state index contributed by atoms with van der Waals surface area (Å²) in [5, 5.41) is 5.99. The molecule has 2 amide bonds. The number of nitrogens with one attached hydrogen (secondary N) is 2. The van der Waals surface area contributed by atoms with Crippen molar-refractivity contribution in [2.45, 2.75) is 13.3 Å². The molecule has 0 saturated carbocycles. The van der Waals surface area contributed by atoms with Gasteiger partial charge in [0, 0.05) is 44.7 Å². The fourth-order valence-corrected chi connectivity index (χ4v) is 2.16. The number of carbonyl (C=O) groups is 2. The van der Waals surface area contributed by atoms with Crippen LogP contribution < -0.4 is 10.6 Å². The van der Waals surface area contributed by atoms with Crippen molar-refractivity contribution in [1.29, 1.82) is 0 Å².